The van der Waals surface area contributed by atoms with Gasteiger partial charge in [0.1, 0.15) is 6.61 Å². The second-order valence-electron chi connectivity index (χ2n) is 7.31. The highest BCUT2D eigenvalue weighted by atomic mass is 16.5. The van der Waals surface area contributed by atoms with Gasteiger partial charge in [-0.05, 0) is 48.6 Å². The first-order chi connectivity index (χ1) is 13.3. The van der Waals surface area contributed by atoms with Crippen LogP contribution in [-0.4, -0.2) is 31.8 Å². The van der Waals surface area contributed by atoms with Gasteiger partial charge in [-0.15, -0.1) is 0 Å². The van der Waals surface area contributed by atoms with Gasteiger partial charge in [-0.25, -0.2) is 4.79 Å². The van der Waals surface area contributed by atoms with Crippen molar-refractivity contribution < 1.29 is 9.53 Å². The zero-order valence-electron chi connectivity index (χ0n) is 15.6. The number of anilines is 1. The van der Waals surface area contributed by atoms with Crippen LogP contribution in [0.4, 0.5) is 10.5 Å². The van der Waals surface area contributed by atoms with Crippen molar-refractivity contribution in [2.75, 3.05) is 24.5 Å². The first-order valence-corrected chi connectivity index (χ1v) is 9.83. The number of carbonyl (C=O) groups is 1. The van der Waals surface area contributed by atoms with E-state index in [-0.39, 0.29) is 12.1 Å². The Morgan fingerprint density at radius 1 is 1.11 bits per heavy atom. The molecule has 1 saturated heterocycles. The number of benzene rings is 2. The molecule has 27 heavy (non-hydrogen) atoms. The predicted molar refractivity (Wildman–Crippen MR) is 107 cm³/mol. The van der Waals surface area contributed by atoms with Crippen LogP contribution in [0.2, 0.25) is 0 Å². The first kappa shape index (κ1) is 17.9. The van der Waals surface area contributed by atoms with Crippen LogP contribution in [0.15, 0.2) is 48.5 Å². The van der Waals surface area contributed by atoms with Gasteiger partial charge >= 0.3 is 6.09 Å². The third-order valence-corrected chi connectivity index (χ3v) is 5.49. The molecule has 0 spiro atoms. The van der Waals surface area contributed by atoms with E-state index >= 15 is 0 Å². The van der Waals surface area contributed by atoms with E-state index in [2.05, 4.69) is 33.7 Å². The Hall–Kier alpha value is -2.53. The van der Waals surface area contributed by atoms with E-state index in [4.69, 9.17) is 4.74 Å². The normalized spacial score (nSPS) is 17.3. The standard InChI is InChI=1S/C22H27N3O2/c26-22(27-16-17-5-2-1-3-6-17)24-19-10-13-25(14-11-19)21-8-4-7-18-15-23-12-9-20(18)21/h1-8,19,23H,9-16H2,(H,24,26). The molecule has 0 bridgehead atoms. The fourth-order valence-corrected chi connectivity index (χ4v) is 4.00. The van der Waals surface area contributed by atoms with Crippen molar-refractivity contribution in [1.82, 2.24) is 10.6 Å². The molecule has 2 aliphatic rings. The molecule has 2 aliphatic heterocycles. The number of fused-ring (bicyclic) bond motifs is 1. The molecule has 142 valence electrons. The molecule has 2 aromatic rings. The molecule has 4 rings (SSSR count). The lowest BCUT2D eigenvalue weighted by atomic mass is 9.96. The molecule has 2 heterocycles. The van der Waals surface area contributed by atoms with Crippen LogP contribution in [-0.2, 0) is 24.3 Å². The van der Waals surface area contributed by atoms with Crippen LogP contribution >= 0.6 is 0 Å². The highest BCUT2D eigenvalue weighted by molar-refractivity contribution is 5.67. The molecule has 0 unspecified atom stereocenters. The summed E-state index contributed by atoms with van der Waals surface area (Å²) in [6.07, 6.45) is 2.67. The van der Waals surface area contributed by atoms with E-state index in [1.165, 1.54) is 16.8 Å². The number of nitrogens with zero attached hydrogens (tertiary/aromatic N) is 1. The number of amides is 1. The summed E-state index contributed by atoms with van der Waals surface area (Å²) in [5, 5.41) is 6.47. The summed E-state index contributed by atoms with van der Waals surface area (Å²) in [6, 6.07) is 16.6. The van der Waals surface area contributed by atoms with Gasteiger partial charge in [-0.3, -0.25) is 0 Å². The van der Waals surface area contributed by atoms with Crippen LogP contribution in [0.1, 0.15) is 29.5 Å². The Balaban J connectivity index is 1.27. The van der Waals surface area contributed by atoms with Crippen LogP contribution in [0.3, 0.4) is 0 Å². The molecular weight excluding hydrogens is 338 g/mol. The van der Waals surface area contributed by atoms with Crippen molar-refractivity contribution in [1.29, 1.82) is 0 Å². The molecule has 0 aliphatic carbocycles. The van der Waals surface area contributed by atoms with E-state index in [0.29, 0.717) is 6.61 Å². The average Bonchev–Trinajstić information content (AvgIpc) is 2.73. The third-order valence-electron chi connectivity index (χ3n) is 5.49. The molecule has 5 heteroatoms. The van der Waals surface area contributed by atoms with E-state index in [1.54, 1.807) is 0 Å². The Bertz CT molecular complexity index is 770. The summed E-state index contributed by atoms with van der Waals surface area (Å²) >= 11 is 0. The molecule has 1 fully saturated rings. The van der Waals surface area contributed by atoms with Gasteiger partial charge in [0.25, 0.3) is 0 Å². The minimum absolute atomic E-state index is 0.186. The van der Waals surface area contributed by atoms with E-state index in [0.717, 1.165) is 51.0 Å². The van der Waals surface area contributed by atoms with Crippen LogP contribution in [0, 0.1) is 0 Å². The smallest absolute Gasteiger partial charge is 0.407 e. The summed E-state index contributed by atoms with van der Waals surface area (Å²) in [5.41, 5.74) is 5.29. The highest BCUT2D eigenvalue weighted by Crippen LogP contribution is 2.28. The van der Waals surface area contributed by atoms with E-state index < -0.39 is 0 Å². The van der Waals surface area contributed by atoms with Gasteiger partial charge < -0.3 is 20.3 Å². The molecule has 0 radical (unpaired) electrons. The molecule has 5 nitrogen and oxygen atoms in total. The van der Waals surface area contributed by atoms with Gasteiger partial charge in [0, 0.05) is 31.4 Å². The lowest BCUT2D eigenvalue weighted by molar-refractivity contribution is 0.134. The van der Waals surface area contributed by atoms with Gasteiger partial charge in [0.15, 0.2) is 0 Å². The highest BCUT2D eigenvalue weighted by Gasteiger charge is 2.24. The predicted octanol–water partition coefficient (Wildman–Crippen LogP) is 3.23. The monoisotopic (exact) mass is 365 g/mol. The number of hydrogen-bond donors (Lipinski definition) is 2. The van der Waals surface area contributed by atoms with Crippen molar-refractivity contribution >= 4 is 11.8 Å². The second-order valence-corrected chi connectivity index (χ2v) is 7.31. The summed E-state index contributed by atoms with van der Waals surface area (Å²) in [4.78, 5) is 14.5. The zero-order valence-corrected chi connectivity index (χ0v) is 15.6. The fourth-order valence-electron chi connectivity index (χ4n) is 4.00. The van der Waals surface area contributed by atoms with Crippen LogP contribution in [0.5, 0.6) is 0 Å². The van der Waals surface area contributed by atoms with Gasteiger partial charge in [0.2, 0.25) is 0 Å². The summed E-state index contributed by atoms with van der Waals surface area (Å²) in [5.74, 6) is 0. The largest absolute Gasteiger partial charge is 0.445 e. The van der Waals surface area contributed by atoms with Crippen molar-refractivity contribution in [2.24, 2.45) is 0 Å². The maximum atomic E-state index is 12.1. The molecular formula is C22H27N3O2. The van der Waals surface area contributed by atoms with Crippen LogP contribution in [0.25, 0.3) is 0 Å². The lowest BCUT2D eigenvalue weighted by Gasteiger charge is -2.36. The summed E-state index contributed by atoms with van der Waals surface area (Å²) in [7, 11) is 0. The van der Waals surface area contributed by atoms with Crippen molar-refractivity contribution in [3.63, 3.8) is 0 Å². The maximum Gasteiger partial charge on any atom is 0.407 e. The van der Waals surface area contributed by atoms with Gasteiger partial charge in [-0.2, -0.15) is 0 Å². The van der Waals surface area contributed by atoms with E-state index in [9.17, 15) is 4.79 Å². The molecule has 2 aromatic carbocycles. The first-order valence-electron chi connectivity index (χ1n) is 9.83. The number of nitrogens with one attached hydrogen (secondary N) is 2. The zero-order chi connectivity index (χ0) is 18.5. The molecule has 0 aromatic heterocycles. The quantitative estimate of drug-likeness (QED) is 0.873. The number of hydrogen-bond acceptors (Lipinski definition) is 4. The van der Waals surface area contributed by atoms with Crippen LogP contribution < -0.4 is 15.5 Å². The number of carbonyl (C=O) groups excluding carboxylic acids is 1. The van der Waals surface area contributed by atoms with Crippen molar-refractivity contribution in [3.8, 4) is 0 Å². The van der Waals surface area contributed by atoms with E-state index in [1.807, 2.05) is 30.3 Å². The third kappa shape index (κ3) is 4.42. The molecule has 0 atom stereocenters. The minimum Gasteiger partial charge on any atom is -0.445 e. The van der Waals surface area contributed by atoms with Gasteiger partial charge in [-0.1, -0.05) is 42.5 Å². The number of piperidine rings is 1. The molecule has 2 N–H and O–H groups in total. The number of alkyl carbamates (subject to hydrolysis) is 1. The fraction of sp³-hybridized carbons (Fsp3) is 0.409. The van der Waals surface area contributed by atoms with Crippen molar-refractivity contribution in [3.05, 3.63) is 65.2 Å². The SMILES string of the molecule is O=C(NC1CCN(c2cccc3c2CCNC3)CC1)OCc1ccccc1. The summed E-state index contributed by atoms with van der Waals surface area (Å²) in [6.45, 7) is 4.26. The summed E-state index contributed by atoms with van der Waals surface area (Å²) < 4.78 is 5.35. The molecule has 1 amide bonds. The topological polar surface area (TPSA) is 53.6 Å². The minimum atomic E-state index is -0.319. The van der Waals surface area contributed by atoms with Crippen molar-refractivity contribution in [2.45, 2.75) is 38.5 Å². The maximum absolute atomic E-state index is 12.1. The lowest BCUT2D eigenvalue weighted by Crippen LogP contribution is -2.45. The Morgan fingerprint density at radius 3 is 2.74 bits per heavy atom. The average molecular weight is 365 g/mol. The Kier molecular flexibility index (Phi) is 5.58. The second kappa shape index (κ2) is 8.44. The number of rotatable bonds is 4. The Labute approximate surface area is 160 Å². The van der Waals surface area contributed by atoms with Gasteiger partial charge in [0.05, 0.1) is 0 Å². The molecule has 0 saturated carbocycles. The number of ether oxygens (including phenoxy) is 1. The Morgan fingerprint density at radius 2 is 1.93 bits per heavy atom.